The first kappa shape index (κ1) is 13.2. The molecule has 100 valence electrons. The first-order chi connectivity index (χ1) is 8.78. The summed E-state index contributed by atoms with van der Waals surface area (Å²) in [5.41, 5.74) is 2.34. The second-order valence-electron chi connectivity index (χ2n) is 4.90. The number of hydrogen-bond acceptors (Lipinski definition) is 4. The maximum Gasteiger partial charge on any atom is 0.0361 e. The van der Waals surface area contributed by atoms with Gasteiger partial charge in [-0.3, -0.25) is 4.90 Å². The summed E-state index contributed by atoms with van der Waals surface area (Å²) >= 11 is 0. The minimum atomic E-state index is 1.01. The van der Waals surface area contributed by atoms with E-state index in [1.54, 1.807) is 0 Å². The molecule has 1 saturated heterocycles. The average molecular weight is 248 g/mol. The van der Waals surface area contributed by atoms with E-state index in [9.17, 15) is 0 Å². The molecule has 1 heterocycles. The Hall–Kier alpha value is -1.26. The van der Waals surface area contributed by atoms with Crippen LogP contribution >= 0.6 is 0 Å². The van der Waals surface area contributed by atoms with Crippen LogP contribution in [0.3, 0.4) is 0 Å². The van der Waals surface area contributed by atoms with Crippen LogP contribution < -0.4 is 10.6 Å². The van der Waals surface area contributed by atoms with Gasteiger partial charge in [0.1, 0.15) is 0 Å². The smallest absolute Gasteiger partial charge is 0.0361 e. The number of benzene rings is 1. The number of nitrogens with one attached hydrogen (secondary N) is 2. The van der Waals surface area contributed by atoms with Gasteiger partial charge in [0.15, 0.2) is 0 Å². The molecule has 0 atom stereocenters. The fraction of sp³-hybridized carbons (Fsp3) is 0.571. The van der Waals surface area contributed by atoms with Crippen molar-refractivity contribution in [3.8, 4) is 0 Å². The normalized spacial score (nSPS) is 17.7. The highest BCUT2D eigenvalue weighted by molar-refractivity contribution is 5.56. The van der Waals surface area contributed by atoms with Crippen LogP contribution in [-0.2, 0) is 0 Å². The lowest BCUT2D eigenvalue weighted by Crippen LogP contribution is -2.45. The van der Waals surface area contributed by atoms with Crippen LogP contribution in [0.1, 0.15) is 0 Å². The number of likely N-dealkylation sites (N-methyl/N-ethyl adjacent to an activating group) is 1. The summed E-state index contributed by atoms with van der Waals surface area (Å²) in [5.74, 6) is 0. The molecule has 0 spiro atoms. The van der Waals surface area contributed by atoms with E-state index in [4.69, 9.17) is 0 Å². The molecule has 1 aliphatic rings. The molecule has 0 aromatic heterocycles. The van der Waals surface area contributed by atoms with Crippen molar-refractivity contribution < 1.29 is 0 Å². The lowest BCUT2D eigenvalue weighted by Gasteiger charge is -2.32. The van der Waals surface area contributed by atoms with Crippen LogP contribution in [0.15, 0.2) is 24.3 Å². The van der Waals surface area contributed by atoms with Crippen molar-refractivity contribution in [2.24, 2.45) is 0 Å². The van der Waals surface area contributed by atoms with Gasteiger partial charge in [0.25, 0.3) is 0 Å². The van der Waals surface area contributed by atoms with Gasteiger partial charge in [0.2, 0.25) is 0 Å². The highest BCUT2D eigenvalue weighted by atomic mass is 15.2. The van der Waals surface area contributed by atoms with Crippen LogP contribution in [0.4, 0.5) is 11.4 Å². The van der Waals surface area contributed by atoms with Gasteiger partial charge in [-0.15, -0.1) is 0 Å². The van der Waals surface area contributed by atoms with Crippen LogP contribution in [0, 0.1) is 0 Å². The first-order valence-electron chi connectivity index (χ1n) is 6.70. The summed E-state index contributed by atoms with van der Waals surface area (Å²) < 4.78 is 0. The molecular weight excluding hydrogens is 224 g/mol. The lowest BCUT2D eigenvalue weighted by molar-refractivity contribution is 0.158. The summed E-state index contributed by atoms with van der Waals surface area (Å²) in [4.78, 5) is 4.91. The lowest BCUT2D eigenvalue weighted by atomic mass is 10.2. The predicted molar refractivity (Wildman–Crippen MR) is 78.4 cm³/mol. The van der Waals surface area contributed by atoms with Gasteiger partial charge < -0.3 is 15.5 Å². The van der Waals surface area contributed by atoms with Crippen LogP contribution in [0.25, 0.3) is 0 Å². The van der Waals surface area contributed by atoms with E-state index in [1.807, 2.05) is 7.05 Å². The molecule has 0 radical (unpaired) electrons. The Morgan fingerprint density at radius 3 is 2.56 bits per heavy atom. The molecule has 1 aromatic rings. The molecule has 18 heavy (non-hydrogen) atoms. The Balaban J connectivity index is 1.71. The number of piperazine rings is 1. The summed E-state index contributed by atoms with van der Waals surface area (Å²) in [6, 6.07) is 8.41. The molecule has 1 aromatic carbocycles. The van der Waals surface area contributed by atoms with Gasteiger partial charge in [-0.1, -0.05) is 6.07 Å². The third-order valence-corrected chi connectivity index (χ3v) is 3.50. The van der Waals surface area contributed by atoms with E-state index in [2.05, 4.69) is 51.7 Å². The maximum absolute atomic E-state index is 3.48. The number of hydrogen-bond donors (Lipinski definition) is 2. The maximum atomic E-state index is 3.48. The Morgan fingerprint density at radius 1 is 1.11 bits per heavy atom. The van der Waals surface area contributed by atoms with Crippen LogP contribution in [0.5, 0.6) is 0 Å². The number of anilines is 2. The van der Waals surface area contributed by atoms with Crippen LogP contribution in [-0.4, -0.2) is 63.2 Å². The highest BCUT2D eigenvalue weighted by Gasteiger charge is 2.12. The van der Waals surface area contributed by atoms with Crippen molar-refractivity contribution in [3.05, 3.63) is 24.3 Å². The van der Waals surface area contributed by atoms with Gasteiger partial charge in [0.05, 0.1) is 0 Å². The monoisotopic (exact) mass is 248 g/mol. The van der Waals surface area contributed by atoms with Crippen LogP contribution in [0.2, 0.25) is 0 Å². The van der Waals surface area contributed by atoms with Crippen molar-refractivity contribution in [1.29, 1.82) is 0 Å². The topological polar surface area (TPSA) is 30.5 Å². The van der Waals surface area contributed by atoms with Gasteiger partial charge in [-0.2, -0.15) is 0 Å². The van der Waals surface area contributed by atoms with E-state index < -0.39 is 0 Å². The molecule has 0 amide bonds. The fourth-order valence-electron chi connectivity index (χ4n) is 2.21. The van der Waals surface area contributed by atoms with Gasteiger partial charge in [-0.05, 0) is 25.2 Å². The molecule has 4 heteroatoms. The van der Waals surface area contributed by atoms with Gasteiger partial charge >= 0.3 is 0 Å². The zero-order chi connectivity index (χ0) is 12.8. The van der Waals surface area contributed by atoms with Crippen molar-refractivity contribution in [2.75, 3.05) is 64.0 Å². The molecule has 4 nitrogen and oxygen atoms in total. The standard InChI is InChI=1S/C14H24N4/c1-15-13-4-3-5-14(12-13)16-6-7-18-10-8-17(2)9-11-18/h3-5,12,15-16H,6-11H2,1-2H3. The summed E-state index contributed by atoms with van der Waals surface area (Å²) in [7, 11) is 4.14. The van der Waals surface area contributed by atoms with E-state index >= 15 is 0 Å². The number of nitrogens with zero attached hydrogens (tertiary/aromatic N) is 2. The van der Waals surface area contributed by atoms with E-state index in [1.165, 1.54) is 31.9 Å². The molecule has 0 unspecified atom stereocenters. The fourth-order valence-corrected chi connectivity index (χ4v) is 2.21. The van der Waals surface area contributed by atoms with E-state index in [-0.39, 0.29) is 0 Å². The Bertz CT molecular complexity index is 359. The third kappa shape index (κ3) is 3.89. The molecular formula is C14H24N4. The SMILES string of the molecule is CNc1cccc(NCCN2CCN(C)CC2)c1. The minimum Gasteiger partial charge on any atom is -0.388 e. The molecule has 1 aliphatic heterocycles. The summed E-state index contributed by atoms with van der Waals surface area (Å²) in [5, 5.41) is 6.64. The van der Waals surface area contributed by atoms with E-state index in [0.29, 0.717) is 0 Å². The zero-order valence-corrected chi connectivity index (χ0v) is 11.4. The zero-order valence-electron chi connectivity index (χ0n) is 11.4. The van der Waals surface area contributed by atoms with Crippen molar-refractivity contribution in [1.82, 2.24) is 9.80 Å². The third-order valence-electron chi connectivity index (χ3n) is 3.50. The van der Waals surface area contributed by atoms with Crippen molar-refractivity contribution in [2.45, 2.75) is 0 Å². The minimum absolute atomic E-state index is 1.01. The molecule has 0 saturated carbocycles. The average Bonchev–Trinajstić information content (AvgIpc) is 2.41. The second kappa shape index (κ2) is 6.61. The Morgan fingerprint density at radius 2 is 1.83 bits per heavy atom. The molecule has 0 aliphatic carbocycles. The predicted octanol–water partition coefficient (Wildman–Crippen LogP) is 1.39. The quantitative estimate of drug-likeness (QED) is 0.824. The Labute approximate surface area is 110 Å². The molecule has 1 fully saturated rings. The van der Waals surface area contributed by atoms with E-state index in [0.717, 1.165) is 18.8 Å². The Kier molecular flexibility index (Phi) is 4.84. The van der Waals surface area contributed by atoms with Crippen molar-refractivity contribution in [3.63, 3.8) is 0 Å². The summed E-state index contributed by atoms with van der Waals surface area (Å²) in [6.45, 7) is 6.89. The first-order valence-corrected chi connectivity index (χ1v) is 6.70. The molecule has 2 N–H and O–H groups in total. The van der Waals surface area contributed by atoms with Gasteiger partial charge in [0, 0.05) is 57.7 Å². The second-order valence-corrected chi connectivity index (χ2v) is 4.90. The summed E-state index contributed by atoms with van der Waals surface area (Å²) in [6.07, 6.45) is 0. The largest absolute Gasteiger partial charge is 0.388 e. The molecule has 2 rings (SSSR count). The number of rotatable bonds is 5. The highest BCUT2D eigenvalue weighted by Crippen LogP contribution is 2.13. The van der Waals surface area contributed by atoms with Crippen molar-refractivity contribution >= 4 is 11.4 Å². The van der Waals surface area contributed by atoms with Gasteiger partial charge in [-0.25, -0.2) is 0 Å². The molecule has 0 bridgehead atoms.